The quantitative estimate of drug-likeness (QED) is 0.179. The topological polar surface area (TPSA) is 94.3 Å². The molecule has 2 rings (SSSR count). The fourth-order valence-corrected chi connectivity index (χ4v) is 2.61. The number of guanidine groups is 1. The van der Waals surface area contributed by atoms with Gasteiger partial charge in [0.15, 0.2) is 5.96 Å². The van der Waals surface area contributed by atoms with Crippen molar-refractivity contribution in [2.45, 2.75) is 39.3 Å². The first-order valence-corrected chi connectivity index (χ1v) is 9.03. The van der Waals surface area contributed by atoms with Crippen molar-refractivity contribution >= 4 is 35.9 Å². The minimum Gasteiger partial charge on any atom is -0.465 e. The zero-order chi connectivity index (χ0) is 18.8. The highest BCUT2D eigenvalue weighted by Crippen LogP contribution is 2.16. The van der Waals surface area contributed by atoms with E-state index in [1.54, 1.807) is 13.0 Å². The smallest absolute Gasteiger partial charge is 0.341 e. The van der Waals surface area contributed by atoms with Crippen LogP contribution in [0, 0.1) is 6.92 Å². The van der Waals surface area contributed by atoms with E-state index in [0.29, 0.717) is 42.8 Å². The predicted octanol–water partition coefficient (Wildman–Crippen LogP) is 2.24. The fourth-order valence-electron chi connectivity index (χ4n) is 2.61. The van der Waals surface area contributed by atoms with E-state index in [1.165, 1.54) is 7.11 Å². The van der Waals surface area contributed by atoms with Crippen molar-refractivity contribution in [1.82, 2.24) is 10.6 Å². The summed E-state index contributed by atoms with van der Waals surface area (Å²) in [5.41, 5.74) is 0.434. The molecule has 9 heteroatoms. The molecule has 0 amide bonds. The Hall–Kier alpha value is -1.33. The number of nitrogens with zero attached hydrogens (tertiary/aromatic N) is 1. The Morgan fingerprint density at radius 2 is 2.22 bits per heavy atom. The molecule has 1 aliphatic heterocycles. The van der Waals surface area contributed by atoms with E-state index in [-0.39, 0.29) is 30.1 Å². The minimum absolute atomic E-state index is 0. The number of halogens is 1. The van der Waals surface area contributed by atoms with Crippen LogP contribution >= 0.6 is 24.0 Å². The Morgan fingerprint density at radius 3 is 2.89 bits per heavy atom. The van der Waals surface area contributed by atoms with Crippen LogP contribution in [-0.4, -0.2) is 58.1 Å². The maximum atomic E-state index is 11.6. The number of hydrogen-bond acceptors (Lipinski definition) is 6. The molecule has 1 fully saturated rings. The minimum atomic E-state index is -0.404. The van der Waals surface area contributed by atoms with Crippen LogP contribution in [0.4, 0.5) is 0 Å². The summed E-state index contributed by atoms with van der Waals surface area (Å²) in [6.45, 7) is 7.78. The predicted molar refractivity (Wildman–Crippen MR) is 113 cm³/mol. The van der Waals surface area contributed by atoms with E-state index in [9.17, 15) is 4.79 Å². The van der Waals surface area contributed by atoms with Crippen LogP contribution < -0.4 is 10.6 Å². The number of carbonyl (C=O) groups is 1. The van der Waals surface area contributed by atoms with Gasteiger partial charge in [-0.15, -0.1) is 24.0 Å². The Labute approximate surface area is 177 Å². The number of furan rings is 1. The standard InChI is InChI=1S/C18H29N3O5.HI/c1-4-19-18(20-7-5-8-25-14-6-9-24-12-14)21-11-15-10-16(13(2)26-15)17(22)23-3;/h10,14H,4-9,11-12H2,1-3H3,(H2,19,20,21);1H. The first-order valence-electron chi connectivity index (χ1n) is 9.03. The lowest BCUT2D eigenvalue weighted by atomic mass is 10.2. The van der Waals surface area contributed by atoms with Gasteiger partial charge in [0.25, 0.3) is 0 Å². The largest absolute Gasteiger partial charge is 0.465 e. The number of methoxy groups -OCH3 is 1. The summed E-state index contributed by atoms with van der Waals surface area (Å²) in [6.07, 6.45) is 2.10. The van der Waals surface area contributed by atoms with E-state index in [0.717, 1.165) is 32.5 Å². The highest BCUT2D eigenvalue weighted by atomic mass is 127. The van der Waals surface area contributed by atoms with Gasteiger partial charge < -0.3 is 29.3 Å². The van der Waals surface area contributed by atoms with Crippen LogP contribution in [0.3, 0.4) is 0 Å². The Balaban J connectivity index is 0.00000364. The van der Waals surface area contributed by atoms with Gasteiger partial charge in [-0.1, -0.05) is 0 Å². The van der Waals surface area contributed by atoms with E-state index in [2.05, 4.69) is 15.6 Å². The summed E-state index contributed by atoms with van der Waals surface area (Å²) in [7, 11) is 1.35. The molecular formula is C18H30IN3O5. The zero-order valence-corrected chi connectivity index (χ0v) is 18.5. The van der Waals surface area contributed by atoms with Gasteiger partial charge >= 0.3 is 5.97 Å². The molecule has 1 aliphatic rings. The average molecular weight is 495 g/mol. The number of nitrogens with one attached hydrogen (secondary N) is 2. The van der Waals surface area contributed by atoms with Gasteiger partial charge in [0.1, 0.15) is 23.6 Å². The lowest BCUT2D eigenvalue weighted by Gasteiger charge is -2.12. The van der Waals surface area contributed by atoms with Crippen LogP contribution in [0.5, 0.6) is 0 Å². The summed E-state index contributed by atoms with van der Waals surface area (Å²) in [5.74, 6) is 1.45. The van der Waals surface area contributed by atoms with Gasteiger partial charge in [0, 0.05) is 26.3 Å². The maximum Gasteiger partial charge on any atom is 0.341 e. The molecule has 8 nitrogen and oxygen atoms in total. The first-order chi connectivity index (χ1) is 12.6. The van der Waals surface area contributed by atoms with Crippen molar-refractivity contribution in [3.8, 4) is 0 Å². The van der Waals surface area contributed by atoms with E-state index in [4.69, 9.17) is 18.6 Å². The van der Waals surface area contributed by atoms with E-state index >= 15 is 0 Å². The van der Waals surface area contributed by atoms with Crippen molar-refractivity contribution in [2.75, 3.05) is 40.0 Å². The first kappa shape index (κ1) is 23.7. The summed E-state index contributed by atoms with van der Waals surface area (Å²) in [4.78, 5) is 16.1. The Bertz CT molecular complexity index is 600. The molecule has 1 atom stereocenters. The molecule has 0 radical (unpaired) electrons. The van der Waals surface area contributed by atoms with Gasteiger partial charge in [-0.3, -0.25) is 0 Å². The molecule has 1 aromatic heterocycles. The molecule has 0 bridgehead atoms. The number of aryl methyl sites for hydroxylation is 1. The van der Waals surface area contributed by atoms with Crippen molar-refractivity contribution in [2.24, 2.45) is 4.99 Å². The van der Waals surface area contributed by atoms with Crippen molar-refractivity contribution < 1.29 is 23.4 Å². The van der Waals surface area contributed by atoms with Crippen LogP contribution in [0.2, 0.25) is 0 Å². The molecule has 27 heavy (non-hydrogen) atoms. The molecule has 1 saturated heterocycles. The van der Waals surface area contributed by atoms with Crippen molar-refractivity contribution in [3.05, 3.63) is 23.2 Å². The third kappa shape index (κ3) is 8.06. The third-order valence-electron chi connectivity index (χ3n) is 3.97. The zero-order valence-electron chi connectivity index (χ0n) is 16.2. The Kier molecular flexibility index (Phi) is 11.4. The molecule has 1 aromatic rings. The number of esters is 1. The van der Waals surface area contributed by atoms with Crippen LogP contribution in [-0.2, 0) is 20.8 Å². The van der Waals surface area contributed by atoms with Crippen LogP contribution in [0.25, 0.3) is 0 Å². The highest BCUT2D eigenvalue weighted by molar-refractivity contribution is 14.0. The second-order valence-corrected chi connectivity index (χ2v) is 6.01. The van der Waals surface area contributed by atoms with Gasteiger partial charge in [-0.05, 0) is 32.8 Å². The number of ether oxygens (including phenoxy) is 3. The number of hydrogen-bond donors (Lipinski definition) is 2. The number of aliphatic imine (C=N–C) groups is 1. The van der Waals surface area contributed by atoms with Crippen molar-refractivity contribution in [1.29, 1.82) is 0 Å². The summed E-state index contributed by atoms with van der Waals surface area (Å²) in [6, 6.07) is 1.67. The van der Waals surface area contributed by atoms with Crippen LogP contribution in [0.15, 0.2) is 15.5 Å². The maximum absolute atomic E-state index is 11.6. The second kappa shape index (κ2) is 12.9. The fraction of sp³-hybridized carbons (Fsp3) is 0.667. The lowest BCUT2D eigenvalue weighted by molar-refractivity contribution is 0.0420. The molecular weight excluding hydrogens is 465 g/mol. The summed E-state index contributed by atoms with van der Waals surface area (Å²) < 4.78 is 21.3. The Morgan fingerprint density at radius 1 is 1.41 bits per heavy atom. The van der Waals surface area contributed by atoms with E-state index in [1.807, 2.05) is 6.92 Å². The van der Waals surface area contributed by atoms with Crippen molar-refractivity contribution in [3.63, 3.8) is 0 Å². The summed E-state index contributed by atoms with van der Waals surface area (Å²) >= 11 is 0. The van der Waals surface area contributed by atoms with Gasteiger partial charge in [-0.2, -0.15) is 0 Å². The van der Waals surface area contributed by atoms with Gasteiger partial charge in [-0.25, -0.2) is 9.79 Å². The number of carbonyl (C=O) groups excluding carboxylic acids is 1. The van der Waals surface area contributed by atoms with E-state index < -0.39 is 5.97 Å². The van der Waals surface area contributed by atoms with Gasteiger partial charge in [0.05, 0.1) is 19.8 Å². The SMILES string of the molecule is CCNC(=NCc1cc(C(=O)OC)c(C)o1)NCCCOC1CCOC1.I. The highest BCUT2D eigenvalue weighted by Gasteiger charge is 2.16. The normalized spacial score (nSPS) is 16.7. The van der Waals surface area contributed by atoms with Gasteiger partial charge in [0.2, 0.25) is 0 Å². The lowest BCUT2D eigenvalue weighted by Crippen LogP contribution is -2.38. The second-order valence-electron chi connectivity index (χ2n) is 6.01. The molecule has 0 aromatic carbocycles. The summed E-state index contributed by atoms with van der Waals surface area (Å²) in [5, 5.41) is 6.45. The molecule has 0 saturated carbocycles. The average Bonchev–Trinajstić information content (AvgIpc) is 3.28. The molecule has 2 N–H and O–H groups in total. The monoisotopic (exact) mass is 495 g/mol. The third-order valence-corrected chi connectivity index (χ3v) is 3.97. The van der Waals surface area contributed by atoms with Crippen LogP contribution in [0.1, 0.15) is 41.6 Å². The number of rotatable bonds is 9. The molecule has 1 unspecified atom stereocenters. The molecule has 154 valence electrons. The molecule has 0 spiro atoms. The molecule has 0 aliphatic carbocycles. The molecule has 2 heterocycles.